The number of anilines is 2. The summed E-state index contributed by atoms with van der Waals surface area (Å²) in [6.45, 7) is 6.22. The fourth-order valence-electron chi connectivity index (χ4n) is 4.10. The van der Waals surface area contributed by atoms with Gasteiger partial charge in [-0.05, 0) is 43.5 Å². The summed E-state index contributed by atoms with van der Waals surface area (Å²) >= 11 is 0. The summed E-state index contributed by atoms with van der Waals surface area (Å²) in [4.78, 5) is 29.2. The molecule has 1 N–H and O–H groups in total. The van der Waals surface area contributed by atoms with E-state index in [1.807, 2.05) is 47.9 Å². The fraction of sp³-hybridized carbons (Fsp3) is 0.391. The number of aryl methyl sites for hydroxylation is 2. The van der Waals surface area contributed by atoms with Crippen molar-refractivity contribution in [2.24, 2.45) is 11.8 Å². The van der Waals surface area contributed by atoms with E-state index in [1.54, 1.807) is 12.1 Å². The lowest BCUT2D eigenvalue weighted by atomic mass is 10.1. The third kappa shape index (κ3) is 3.97. The molecule has 1 aliphatic carbocycles. The van der Waals surface area contributed by atoms with Gasteiger partial charge in [0.2, 0.25) is 11.8 Å². The highest BCUT2D eigenvalue weighted by Gasteiger charge is 2.49. The van der Waals surface area contributed by atoms with E-state index in [-0.39, 0.29) is 29.5 Å². The Morgan fingerprint density at radius 2 is 1.59 bits per heavy atom. The number of hydrogen-bond donors (Lipinski definition) is 1. The van der Waals surface area contributed by atoms with E-state index in [0.29, 0.717) is 38.3 Å². The number of hydrogen-bond acceptors (Lipinski definition) is 3. The second-order valence-electron chi connectivity index (χ2n) is 7.97. The van der Waals surface area contributed by atoms with Gasteiger partial charge in [-0.2, -0.15) is 0 Å². The second-order valence-corrected chi connectivity index (χ2v) is 7.97. The van der Waals surface area contributed by atoms with E-state index in [9.17, 15) is 14.0 Å². The van der Waals surface area contributed by atoms with Crippen molar-refractivity contribution in [3.8, 4) is 0 Å². The normalized spacial score (nSPS) is 21.1. The van der Waals surface area contributed by atoms with E-state index in [1.165, 1.54) is 6.07 Å². The van der Waals surface area contributed by atoms with E-state index in [4.69, 9.17) is 0 Å². The Bertz CT molecular complexity index is 917. The fourth-order valence-corrected chi connectivity index (χ4v) is 4.10. The van der Waals surface area contributed by atoms with Crippen molar-refractivity contribution in [1.29, 1.82) is 0 Å². The average Bonchev–Trinajstić information content (AvgIpc) is 3.52. The zero-order chi connectivity index (χ0) is 20.5. The third-order valence-electron chi connectivity index (χ3n) is 5.96. The Morgan fingerprint density at radius 1 is 0.931 bits per heavy atom. The highest BCUT2D eigenvalue weighted by atomic mass is 19.1. The van der Waals surface area contributed by atoms with Crippen molar-refractivity contribution in [2.75, 3.05) is 36.4 Å². The molecule has 29 heavy (non-hydrogen) atoms. The van der Waals surface area contributed by atoms with Crippen LogP contribution in [0.1, 0.15) is 17.5 Å². The minimum Gasteiger partial charge on any atom is -0.366 e. The molecule has 2 aromatic carbocycles. The van der Waals surface area contributed by atoms with Crippen molar-refractivity contribution in [3.05, 3.63) is 59.4 Å². The topological polar surface area (TPSA) is 52.7 Å². The van der Waals surface area contributed by atoms with Crippen molar-refractivity contribution in [3.63, 3.8) is 0 Å². The van der Waals surface area contributed by atoms with Gasteiger partial charge in [0.15, 0.2) is 0 Å². The Balaban J connectivity index is 1.32. The van der Waals surface area contributed by atoms with E-state index in [0.717, 1.165) is 16.8 Å². The minimum atomic E-state index is -0.258. The molecule has 2 aliphatic rings. The number of carbonyl (C=O) groups excluding carboxylic acids is 2. The van der Waals surface area contributed by atoms with Crippen LogP contribution >= 0.6 is 0 Å². The number of benzene rings is 2. The second kappa shape index (κ2) is 7.85. The highest BCUT2D eigenvalue weighted by molar-refractivity contribution is 6.00. The van der Waals surface area contributed by atoms with Crippen LogP contribution in [0, 0.1) is 31.5 Å². The van der Waals surface area contributed by atoms with Gasteiger partial charge in [-0.15, -0.1) is 0 Å². The molecule has 1 saturated carbocycles. The molecule has 0 spiro atoms. The van der Waals surface area contributed by atoms with Crippen LogP contribution < -0.4 is 10.2 Å². The predicted molar refractivity (Wildman–Crippen MR) is 111 cm³/mol. The average molecular weight is 395 g/mol. The van der Waals surface area contributed by atoms with Crippen LogP contribution in [0.25, 0.3) is 0 Å². The summed E-state index contributed by atoms with van der Waals surface area (Å²) in [5, 5.41) is 3.00. The number of rotatable bonds is 4. The molecule has 0 radical (unpaired) electrons. The highest BCUT2D eigenvalue weighted by Crippen LogP contribution is 2.41. The van der Waals surface area contributed by atoms with Crippen LogP contribution in [0.3, 0.4) is 0 Å². The molecule has 2 aromatic rings. The summed E-state index contributed by atoms with van der Waals surface area (Å²) < 4.78 is 14.0. The van der Waals surface area contributed by atoms with Crippen molar-refractivity contribution in [1.82, 2.24) is 4.90 Å². The molecule has 0 bridgehead atoms. The molecule has 4 rings (SSSR count). The zero-order valence-corrected chi connectivity index (χ0v) is 16.8. The molecule has 2 amide bonds. The predicted octanol–water partition coefficient (Wildman–Crippen LogP) is 3.37. The van der Waals surface area contributed by atoms with Gasteiger partial charge in [0, 0.05) is 31.9 Å². The van der Waals surface area contributed by atoms with Crippen LogP contribution in [-0.2, 0) is 9.59 Å². The van der Waals surface area contributed by atoms with Gasteiger partial charge < -0.3 is 15.1 Å². The lowest BCUT2D eigenvalue weighted by molar-refractivity contribution is -0.134. The minimum absolute atomic E-state index is 0.0415. The van der Waals surface area contributed by atoms with Gasteiger partial charge in [0.05, 0.1) is 17.5 Å². The molecule has 5 nitrogen and oxygen atoms in total. The first-order valence-electron chi connectivity index (χ1n) is 10.1. The van der Waals surface area contributed by atoms with E-state index in [2.05, 4.69) is 5.32 Å². The lowest BCUT2D eigenvalue weighted by Crippen LogP contribution is -2.49. The molecule has 0 aromatic heterocycles. The Labute approximate surface area is 170 Å². The molecule has 2 fully saturated rings. The van der Waals surface area contributed by atoms with E-state index < -0.39 is 0 Å². The van der Waals surface area contributed by atoms with Crippen LogP contribution in [0.4, 0.5) is 15.8 Å². The molecule has 1 heterocycles. The first-order valence-corrected chi connectivity index (χ1v) is 10.1. The van der Waals surface area contributed by atoms with Gasteiger partial charge in [-0.1, -0.05) is 30.3 Å². The van der Waals surface area contributed by atoms with Crippen LogP contribution in [0.2, 0.25) is 0 Å². The van der Waals surface area contributed by atoms with Crippen LogP contribution in [0.5, 0.6) is 0 Å². The van der Waals surface area contributed by atoms with Gasteiger partial charge in [0.25, 0.3) is 0 Å². The standard InChI is InChI=1S/C23H26FN3O2/c1-15-6-5-7-16(2)21(15)25-22(28)17-14-18(17)23(29)27-12-10-26(11-13-27)20-9-4-3-8-19(20)24/h3-9,17-18H,10-14H2,1-2H3,(H,25,28). The first-order chi connectivity index (χ1) is 14.0. The third-order valence-corrected chi connectivity index (χ3v) is 5.96. The summed E-state index contributed by atoms with van der Waals surface area (Å²) in [5.41, 5.74) is 3.46. The van der Waals surface area contributed by atoms with Gasteiger partial charge in [0.1, 0.15) is 5.82 Å². The maximum Gasteiger partial charge on any atom is 0.228 e. The maximum absolute atomic E-state index is 14.0. The summed E-state index contributed by atoms with van der Waals surface area (Å²) in [7, 11) is 0. The first kappa shape index (κ1) is 19.4. The zero-order valence-electron chi connectivity index (χ0n) is 16.8. The molecule has 1 aliphatic heterocycles. The number of carbonyl (C=O) groups is 2. The van der Waals surface area contributed by atoms with Crippen LogP contribution in [-0.4, -0.2) is 42.9 Å². The smallest absolute Gasteiger partial charge is 0.228 e. The number of para-hydroxylation sites is 2. The number of piperazine rings is 1. The molecular formula is C23H26FN3O2. The number of halogens is 1. The summed E-state index contributed by atoms with van der Waals surface area (Å²) in [5.74, 6) is -0.770. The summed E-state index contributed by atoms with van der Waals surface area (Å²) in [6, 6.07) is 12.6. The molecule has 6 heteroatoms. The maximum atomic E-state index is 14.0. The van der Waals surface area contributed by atoms with Crippen molar-refractivity contribution in [2.45, 2.75) is 20.3 Å². The largest absolute Gasteiger partial charge is 0.366 e. The molecule has 2 atom stereocenters. The Morgan fingerprint density at radius 3 is 2.24 bits per heavy atom. The monoisotopic (exact) mass is 395 g/mol. The van der Waals surface area contributed by atoms with Crippen LogP contribution in [0.15, 0.2) is 42.5 Å². The lowest BCUT2D eigenvalue weighted by Gasteiger charge is -2.36. The van der Waals surface area contributed by atoms with Crippen molar-refractivity contribution < 1.29 is 14.0 Å². The van der Waals surface area contributed by atoms with Crippen molar-refractivity contribution >= 4 is 23.2 Å². The molecular weight excluding hydrogens is 369 g/mol. The Hall–Kier alpha value is -2.89. The quantitative estimate of drug-likeness (QED) is 0.864. The van der Waals surface area contributed by atoms with Gasteiger partial charge in [-0.25, -0.2) is 4.39 Å². The van der Waals surface area contributed by atoms with E-state index >= 15 is 0 Å². The molecule has 152 valence electrons. The SMILES string of the molecule is Cc1cccc(C)c1NC(=O)C1CC1C(=O)N1CCN(c2ccccc2F)CC1. The molecule has 2 unspecified atom stereocenters. The number of nitrogens with one attached hydrogen (secondary N) is 1. The Kier molecular flexibility index (Phi) is 5.26. The number of nitrogens with zero attached hydrogens (tertiary/aromatic N) is 2. The van der Waals surface area contributed by atoms with Gasteiger partial charge >= 0.3 is 0 Å². The summed E-state index contributed by atoms with van der Waals surface area (Å²) in [6.07, 6.45) is 0.600. The molecule has 1 saturated heterocycles. The number of amides is 2. The van der Waals surface area contributed by atoms with Gasteiger partial charge in [-0.3, -0.25) is 9.59 Å².